The largest absolute Gasteiger partial charge is 0.415 e. The third kappa shape index (κ3) is 5.07. The van der Waals surface area contributed by atoms with Crippen molar-refractivity contribution in [3.05, 3.63) is 0 Å². The molecule has 0 aliphatic heterocycles. The topological polar surface area (TPSA) is 52.5 Å². The number of halogens is 3. The second-order valence-corrected chi connectivity index (χ2v) is 2.75. The number of aliphatic hydroxyl groups excluding tert-OH is 2. The highest BCUT2D eigenvalue weighted by atomic mass is 19.4. The molecule has 0 heterocycles. The molecular weight excluding hydrogens is 187 g/mol. The quantitative estimate of drug-likeness (QED) is 0.598. The summed E-state index contributed by atoms with van der Waals surface area (Å²) in [6, 6.07) is -0.392. The summed E-state index contributed by atoms with van der Waals surface area (Å²) in [6.45, 7) is 0.914. The highest BCUT2D eigenvalue weighted by Gasteiger charge is 2.37. The highest BCUT2D eigenvalue weighted by Crippen LogP contribution is 2.19. The van der Waals surface area contributed by atoms with Gasteiger partial charge in [-0.25, -0.2) is 0 Å². The predicted molar refractivity (Wildman–Crippen MR) is 41.2 cm³/mol. The van der Waals surface area contributed by atoms with Gasteiger partial charge in [-0.05, 0) is 6.42 Å². The molecular formula is C7H14F3NO2. The summed E-state index contributed by atoms with van der Waals surface area (Å²) in [5.41, 5.74) is 0. The summed E-state index contributed by atoms with van der Waals surface area (Å²) in [7, 11) is 0. The average molecular weight is 201 g/mol. The van der Waals surface area contributed by atoms with Gasteiger partial charge in [0, 0.05) is 12.6 Å². The van der Waals surface area contributed by atoms with Gasteiger partial charge in [0.05, 0.1) is 6.61 Å². The number of nitrogens with one attached hydrogen (secondary N) is 1. The zero-order valence-corrected chi connectivity index (χ0v) is 7.30. The van der Waals surface area contributed by atoms with Crippen molar-refractivity contribution in [2.45, 2.75) is 31.7 Å². The van der Waals surface area contributed by atoms with Crippen LogP contribution in [0.5, 0.6) is 0 Å². The molecule has 3 N–H and O–H groups in total. The standard InChI is InChI=1S/C7H14F3NO2/c1-2-5(4-12)11-3-6(13)7(8,9)10/h5-6,11-13H,2-4H2,1H3. The molecule has 6 heteroatoms. The molecule has 80 valence electrons. The first kappa shape index (κ1) is 12.7. The van der Waals surface area contributed by atoms with Crippen molar-refractivity contribution in [1.29, 1.82) is 0 Å². The van der Waals surface area contributed by atoms with Crippen molar-refractivity contribution >= 4 is 0 Å². The molecule has 0 saturated carbocycles. The van der Waals surface area contributed by atoms with Gasteiger partial charge in [0.25, 0.3) is 0 Å². The van der Waals surface area contributed by atoms with Crippen LogP contribution >= 0.6 is 0 Å². The molecule has 0 spiro atoms. The van der Waals surface area contributed by atoms with Gasteiger partial charge in [0.1, 0.15) is 0 Å². The molecule has 0 fully saturated rings. The Morgan fingerprint density at radius 1 is 1.38 bits per heavy atom. The second kappa shape index (κ2) is 5.41. The van der Waals surface area contributed by atoms with Crippen LogP contribution < -0.4 is 5.32 Å². The van der Waals surface area contributed by atoms with Gasteiger partial charge in [0.15, 0.2) is 6.10 Å². The summed E-state index contributed by atoms with van der Waals surface area (Å²) in [5, 5.41) is 19.6. The fraction of sp³-hybridized carbons (Fsp3) is 1.00. The number of rotatable bonds is 5. The first-order valence-electron chi connectivity index (χ1n) is 4.00. The Bertz CT molecular complexity index is 136. The van der Waals surface area contributed by atoms with E-state index in [1.165, 1.54) is 0 Å². The molecule has 2 atom stereocenters. The van der Waals surface area contributed by atoms with E-state index < -0.39 is 24.9 Å². The van der Waals surface area contributed by atoms with E-state index in [2.05, 4.69) is 5.32 Å². The van der Waals surface area contributed by atoms with Crippen LogP contribution in [0.3, 0.4) is 0 Å². The van der Waals surface area contributed by atoms with Gasteiger partial charge < -0.3 is 15.5 Å². The summed E-state index contributed by atoms with van der Waals surface area (Å²) >= 11 is 0. The van der Waals surface area contributed by atoms with Gasteiger partial charge in [-0.2, -0.15) is 13.2 Å². The smallest absolute Gasteiger partial charge is 0.395 e. The van der Waals surface area contributed by atoms with Crippen molar-refractivity contribution in [2.75, 3.05) is 13.2 Å². The van der Waals surface area contributed by atoms with E-state index in [9.17, 15) is 13.2 Å². The first-order chi connectivity index (χ1) is 5.91. The minimum Gasteiger partial charge on any atom is -0.395 e. The van der Waals surface area contributed by atoms with Crippen LogP contribution in [-0.4, -0.2) is 41.7 Å². The first-order valence-corrected chi connectivity index (χ1v) is 4.00. The maximum atomic E-state index is 11.8. The van der Waals surface area contributed by atoms with Crippen molar-refractivity contribution in [3.8, 4) is 0 Å². The summed E-state index contributed by atoms with van der Waals surface area (Å²) in [6.07, 6.45) is -6.45. The van der Waals surface area contributed by atoms with Crippen LogP contribution in [0.15, 0.2) is 0 Å². The summed E-state index contributed by atoms with van der Waals surface area (Å²) in [5.74, 6) is 0. The van der Waals surface area contributed by atoms with E-state index >= 15 is 0 Å². The van der Waals surface area contributed by atoms with Crippen LogP contribution in [-0.2, 0) is 0 Å². The van der Waals surface area contributed by atoms with E-state index in [4.69, 9.17) is 10.2 Å². The normalized spacial score (nSPS) is 17.1. The van der Waals surface area contributed by atoms with E-state index in [-0.39, 0.29) is 6.61 Å². The van der Waals surface area contributed by atoms with Gasteiger partial charge in [-0.3, -0.25) is 0 Å². The van der Waals surface area contributed by atoms with Crippen LogP contribution in [0.25, 0.3) is 0 Å². The molecule has 0 aromatic rings. The van der Waals surface area contributed by atoms with E-state index in [0.29, 0.717) is 6.42 Å². The molecule has 0 bridgehead atoms. The molecule has 0 rings (SSSR count). The lowest BCUT2D eigenvalue weighted by Crippen LogP contribution is -2.43. The highest BCUT2D eigenvalue weighted by molar-refractivity contribution is 4.71. The van der Waals surface area contributed by atoms with Crippen molar-refractivity contribution in [2.24, 2.45) is 0 Å². The molecule has 13 heavy (non-hydrogen) atoms. The fourth-order valence-electron chi connectivity index (χ4n) is 0.732. The Hall–Kier alpha value is -0.330. The lowest BCUT2D eigenvalue weighted by molar-refractivity contribution is -0.202. The Morgan fingerprint density at radius 3 is 2.23 bits per heavy atom. The zero-order valence-electron chi connectivity index (χ0n) is 7.30. The minimum atomic E-state index is -4.60. The third-order valence-corrected chi connectivity index (χ3v) is 1.69. The van der Waals surface area contributed by atoms with E-state index in [1.54, 1.807) is 6.92 Å². The fourth-order valence-corrected chi connectivity index (χ4v) is 0.732. The maximum absolute atomic E-state index is 11.8. The number of hydrogen-bond acceptors (Lipinski definition) is 3. The Kier molecular flexibility index (Phi) is 5.27. The van der Waals surface area contributed by atoms with Crippen molar-refractivity contribution < 1.29 is 23.4 Å². The molecule has 0 aromatic carbocycles. The number of aliphatic hydroxyl groups is 2. The molecule has 0 aliphatic carbocycles. The van der Waals surface area contributed by atoms with Gasteiger partial charge in [-0.15, -0.1) is 0 Å². The molecule has 0 aromatic heterocycles. The molecule has 0 aliphatic rings. The lowest BCUT2D eigenvalue weighted by Gasteiger charge is -2.19. The van der Waals surface area contributed by atoms with E-state index in [0.717, 1.165) is 0 Å². The Balaban J connectivity index is 3.75. The van der Waals surface area contributed by atoms with Crippen molar-refractivity contribution in [1.82, 2.24) is 5.32 Å². The number of hydrogen-bond donors (Lipinski definition) is 3. The van der Waals surface area contributed by atoms with Gasteiger partial charge in [-0.1, -0.05) is 6.92 Å². The van der Waals surface area contributed by atoms with Crippen molar-refractivity contribution in [3.63, 3.8) is 0 Å². The molecule has 0 amide bonds. The maximum Gasteiger partial charge on any atom is 0.415 e. The number of alkyl halides is 3. The monoisotopic (exact) mass is 201 g/mol. The summed E-state index contributed by atoms with van der Waals surface area (Å²) < 4.78 is 35.3. The van der Waals surface area contributed by atoms with E-state index in [1.807, 2.05) is 0 Å². The molecule has 2 unspecified atom stereocenters. The Morgan fingerprint density at radius 2 is 1.92 bits per heavy atom. The average Bonchev–Trinajstić information content (AvgIpc) is 2.04. The Labute approximate surface area is 74.6 Å². The molecule has 3 nitrogen and oxygen atoms in total. The SMILES string of the molecule is CCC(CO)NCC(O)C(F)(F)F. The lowest BCUT2D eigenvalue weighted by atomic mass is 10.2. The van der Waals surface area contributed by atoms with Gasteiger partial charge in [0.2, 0.25) is 0 Å². The van der Waals surface area contributed by atoms with Crippen LogP contribution in [0.2, 0.25) is 0 Å². The second-order valence-electron chi connectivity index (χ2n) is 2.75. The molecule has 0 saturated heterocycles. The third-order valence-electron chi connectivity index (χ3n) is 1.69. The zero-order chi connectivity index (χ0) is 10.5. The summed E-state index contributed by atoms with van der Waals surface area (Å²) in [4.78, 5) is 0. The molecule has 0 radical (unpaired) electrons. The van der Waals surface area contributed by atoms with Crippen LogP contribution in [0.4, 0.5) is 13.2 Å². The van der Waals surface area contributed by atoms with Crippen LogP contribution in [0, 0.1) is 0 Å². The van der Waals surface area contributed by atoms with Gasteiger partial charge >= 0.3 is 6.18 Å². The minimum absolute atomic E-state index is 0.235. The predicted octanol–water partition coefficient (Wildman–Crippen LogP) is 0.270. The van der Waals surface area contributed by atoms with Crippen LogP contribution in [0.1, 0.15) is 13.3 Å².